The van der Waals surface area contributed by atoms with Gasteiger partial charge in [-0.3, -0.25) is 4.79 Å². The van der Waals surface area contributed by atoms with E-state index in [1.165, 1.54) is 0 Å². The largest absolute Gasteiger partial charge is 0.489 e. The minimum Gasteiger partial charge on any atom is -0.489 e. The lowest BCUT2D eigenvalue weighted by molar-refractivity contribution is -0.119. The summed E-state index contributed by atoms with van der Waals surface area (Å²) >= 11 is 0. The molecule has 3 rings (SSSR count). The molecular weight excluding hydrogens is 278 g/mol. The zero-order valence-corrected chi connectivity index (χ0v) is 12.3. The highest BCUT2D eigenvalue weighted by Crippen LogP contribution is 2.16. The van der Waals surface area contributed by atoms with Gasteiger partial charge in [0.15, 0.2) is 0 Å². The summed E-state index contributed by atoms with van der Waals surface area (Å²) in [5, 5.41) is 2.76. The van der Waals surface area contributed by atoms with Crippen molar-refractivity contribution in [2.24, 2.45) is 0 Å². The van der Waals surface area contributed by atoms with E-state index in [9.17, 15) is 4.79 Å². The highest BCUT2D eigenvalue weighted by molar-refractivity contribution is 5.78. The number of rotatable bonds is 6. The van der Waals surface area contributed by atoms with Gasteiger partial charge in [0.2, 0.25) is 5.91 Å². The highest BCUT2D eigenvalue weighted by Gasteiger charge is 2.21. The van der Waals surface area contributed by atoms with Gasteiger partial charge in [0.1, 0.15) is 12.4 Å². The van der Waals surface area contributed by atoms with Gasteiger partial charge in [0.05, 0.1) is 19.1 Å². The molecule has 0 bridgehead atoms. The number of amides is 1. The first kappa shape index (κ1) is 14.6. The summed E-state index contributed by atoms with van der Waals surface area (Å²) in [6.07, 6.45) is 0.444. The van der Waals surface area contributed by atoms with Gasteiger partial charge in [-0.15, -0.1) is 0 Å². The van der Waals surface area contributed by atoms with Crippen LogP contribution < -0.4 is 10.1 Å². The summed E-state index contributed by atoms with van der Waals surface area (Å²) in [5.74, 6) is 0.903. The van der Waals surface area contributed by atoms with Gasteiger partial charge >= 0.3 is 0 Å². The summed E-state index contributed by atoms with van der Waals surface area (Å²) in [4.78, 5) is 11.1. The number of nitrogens with one attached hydrogen (secondary N) is 1. The van der Waals surface area contributed by atoms with Crippen LogP contribution >= 0.6 is 0 Å². The Morgan fingerprint density at radius 3 is 2.36 bits per heavy atom. The summed E-state index contributed by atoms with van der Waals surface area (Å²) in [6, 6.07) is 17.9. The molecule has 1 amide bonds. The van der Waals surface area contributed by atoms with Crippen molar-refractivity contribution in [2.45, 2.75) is 25.7 Å². The Bertz CT molecular complexity index is 610. The molecule has 0 saturated carbocycles. The van der Waals surface area contributed by atoms with Gasteiger partial charge in [0, 0.05) is 6.54 Å². The van der Waals surface area contributed by atoms with Crippen molar-refractivity contribution < 1.29 is 14.3 Å². The highest BCUT2D eigenvalue weighted by atomic mass is 16.5. The lowest BCUT2D eigenvalue weighted by Gasteiger charge is -2.10. The van der Waals surface area contributed by atoms with Crippen LogP contribution in [-0.4, -0.2) is 18.6 Å². The first-order valence-corrected chi connectivity index (χ1v) is 7.43. The van der Waals surface area contributed by atoms with Gasteiger partial charge in [-0.25, -0.2) is 0 Å². The van der Waals surface area contributed by atoms with Crippen molar-refractivity contribution in [3.8, 4) is 5.75 Å². The van der Waals surface area contributed by atoms with Crippen LogP contribution in [0.2, 0.25) is 0 Å². The van der Waals surface area contributed by atoms with Crippen molar-refractivity contribution in [1.29, 1.82) is 0 Å². The molecule has 1 fully saturated rings. The molecule has 1 atom stereocenters. The van der Waals surface area contributed by atoms with E-state index < -0.39 is 0 Å². The van der Waals surface area contributed by atoms with Crippen molar-refractivity contribution >= 4 is 5.91 Å². The molecule has 114 valence electrons. The second-order valence-electron chi connectivity index (χ2n) is 5.36. The Hall–Kier alpha value is -2.33. The molecule has 1 aliphatic heterocycles. The van der Waals surface area contributed by atoms with Crippen LogP contribution in [0.25, 0.3) is 0 Å². The van der Waals surface area contributed by atoms with Gasteiger partial charge in [-0.05, 0) is 23.3 Å². The van der Waals surface area contributed by atoms with E-state index in [0.717, 1.165) is 16.9 Å². The molecule has 4 nitrogen and oxygen atoms in total. The van der Waals surface area contributed by atoms with E-state index in [1.807, 2.05) is 54.6 Å². The Labute approximate surface area is 130 Å². The number of carbonyl (C=O) groups is 1. The minimum absolute atomic E-state index is 0.0125. The molecular formula is C18H19NO3. The maximum absolute atomic E-state index is 11.1. The summed E-state index contributed by atoms with van der Waals surface area (Å²) in [6.45, 7) is 1.68. The van der Waals surface area contributed by atoms with Crippen molar-refractivity contribution in [3.63, 3.8) is 0 Å². The molecule has 2 aromatic carbocycles. The molecule has 0 aliphatic carbocycles. The average Bonchev–Trinajstić information content (AvgIpc) is 2.98. The van der Waals surface area contributed by atoms with Gasteiger partial charge < -0.3 is 14.8 Å². The van der Waals surface area contributed by atoms with E-state index in [0.29, 0.717) is 26.2 Å². The minimum atomic E-state index is -0.0125. The molecule has 1 N–H and O–H groups in total. The molecule has 0 aromatic heterocycles. The Morgan fingerprint density at radius 2 is 1.68 bits per heavy atom. The Balaban J connectivity index is 1.46. The van der Waals surface area contributed by atoms with Crippen LogP contribution in [0.15, 0.2) is 54.6 Å². The molecule has 0 spiro atoms. The Kier molecular flexibility index (Phi) is 4.71. The van der Waals surface area contributed by atoms with E-state index in [2.05, 4.69) is 5.32 Å². The number of hydrogen-bond donors (Lipinski definition) is 1. The zero-order valence-electron chi connectivity index (χ0n) is 12.3. The molecule has 2 aromatic rings. The lowest BCUT2D eigenvalue weighted by atomic mass is 10.2. The number of benzene rings is 2. The topological polar surface area (TPSA) is 47.6 Å². The summed E-state index contributed by atoms with van der Waals surface area (Å²) in [7, 11) is 0. The van der Waals surface area contributed by atoms with Crippen LogP contribution in [0.5, 0.6) is 5.75 Å². The van der Waals surface area contributed by atoms with Crippen LogP contribution in [-0.2, 0) is 22.7 Å². The van der Waals surface area contributed by atoms with Gasteiger partial charge in [-0.1, -0.05) is 42.5 Å². The molecule has 1 heterocycles. The molecule has 1 saturated heterocycles. The van der Waals surface area contributed by atoms with Crippen molar-refractivity contribution in [1.82, 2.24) is 5.32 Å². The monoisotopic (exact) mass is 297 g/mol. The molecule has 4 heteroatoms. The maximum atomic E-state index is 11.1. The SMILES string of the molecule is O=C1CC(OCc2ccc(OCc3ccccc3)cc2)CN1. The molecule has 22 heavy (non-hydrogen) atoms. The molecule has 1 aliphatic rings. The fraction of sp³-hybridized carbons (Fsp3) is 0.278. The number of ether oxygens (including phenoxy) is 2. The molecule has 1 unspecified atom stereocenters. The first-order chi connectivity index (χ1) is 10.8. The predicted molar refractivity (Wildman–Crippen MR) is 83.4 cm³/mol. The maximum Gasteiger partial charge on any atom is 0.222 e. The van der Waals surface area contributed by atoms with E-state index in [-0.39, 0.29) is 12.0 Å². The third kappa shape index (κ3) is 4.09. The average molecular weight is 297 g/mol. The van der Waals surface area contributed by atoms with E-state index in [1.54, 1.807) is 0 Å². The standard InChI is InChI=1S/C18H19NO3/c20-18-10-17(11-19-18)22-13-15-6-8-16(9-7-15)21-12-14-4-2-1-3-5-14/h1-9,17H,10-13H2,(H,19,20). The predicted octanol–water partition coefficient (Wildman–Crippen LogP) is 2.67. The Morgan fingerprint density at radius 1 is 0.955 bits per heavy atom. The third-order valence-corrected chi connectivity index (χ3v) is 3.60. The van der Waals surface area contributed by atoms with Crippen LogP contribution in [0, 0.1) is 0 Å². The fourth-order valence-corrected chi connectivity index (χ4v) is 2.33. The van der Waals surface area contributed by atoms with Gasteiger partial charge in [0.25, 0.3) is 0 Å². The second-order valence-corrected chi connectivity index (χ2v) is 5.36. The first-order valence-electron chi connectivity index (χ1n) is 7.43. The molecule has 0 radical (unpaired) electrons. The lowest BCUT2D eigenvalue weighted by Crippen LogP contribution is -2.17. The van der Waals surface area contributed by atoms with Crippen LogP contribution in [0.1, 0.15) is 17.5 Å². The summed E-state index contributed by atoms with van der Waals surface area (Å²) in [5.41, 5.74) is 2.22. The second kappa shape index (κ2) is 7.09. The number of carbonyl (C=O) groups excluding carboxylic acids is 1. The van der Waals surface area contributed by atoms with Gasteiger partial charge in [-0.2, -0.15) is 0 Å². The zero-order chi connectivity index (χ0) is 15.2. The third-order valence-electron chi connectivity index (χ3n) is 3.60. The number of hydrogen-bond acceptors (Lipinski definition) is 3. The normalized spacial score (nSPS) is 17.3. The van der Waals surface area contributed by atoms with E-state index in [4.69, 9.17) is 9.47 Å². The van der Waals surface area contributed by atoms with E-state index >= 15 is 0 Å². The van der Waals surface area contributed by atoms with Crippen LogP contribution in [0.4, 0.5) is 0 Å². The van der Waals surface area contributed by atoms with Crippen LogP contribution in [0.3, 0.4) is 0 Å². The fourth-order valence-electron chi connectivity index (χ4n) is 2.33. The quantitative estimate of drug-likeness (QED) is 0.891. The summed E-state index contributed by atoms with van der Waals surface area (Å²) < 4.78 is 11.4. The van der Waals surface area contributed by atoms with Crippen molar-refractivity contribution in [2.75, 3.05) is 6.54 Å². The smallest absolute Gasteiger partial charge is 0.222 e. The van der Waals surface area contributed by atoms with Crippen molar-refractivity contribution in [3.05, 3.63) is 65.7 Å².